The Morgan fingerprint density at radius 1 is 1.33 bits per heavy atom. The molecule has 0 aromatic heterocycles. The molecule has 1 N–H and O–H groups in total. The summed E-state index contributed by atoms with van der Waals surface area (Å²) in [5.74, 6) is 0. The molecule has 0 aliphatic carbocycles. The fraction of sp³-hybridized carbons (Fsp3) is 0.455. The molecule has 1 unspecified atom stereocenters. The van der Waals surface area contributed by atoms with E-state index in [0.717, 1.165) is 31.9 Å². The molecule has 0 radical (unpaired) electrons. The van der Waals surface area contributed by atoms with Crippen molar-refractivity contribution >= 4 is 34.2 Å². The van der Waals surface area contributed by atoms with Gasteiger partial charge in [0.15, 0.2) is 0 Å². The predicted octanol–water partition coefficient (Wildman–Crippen LogP) is 1.30. The van der Waals surface area contributed by atoms with Gasteiger partial charge in [0.1, 0.15) is 0 Å². The zero-order valence-corrected chi connectivity index (χ0v) is 11.6. The highest BCUT2D eigenvalue weighted by Crippen LogP contribution is 2.29. The number of benzene rings is 1. The Hall–Kier alpha value is -0.820. The van der Waals surface area contributed by atoms with E-state index in [1.807, 2.05) is 0 Å². The van der Waals surface area contributed by atoms with Gasteiger partial charge in [0, 0.05) is 43.1 Å². The molecular formula is C11H15ClN3O2S-. The highest BCUT2D eigenvalue weighted by atomic mass is 35.5. The third kappa shape index (κ3) is 3.35. The Morgan fingerprint density at radius 3 is 2.61 bits per heavy atom. The number of anilines is 2. The van der Waals surface area contributed by atoms with Crippen LogP contribution >= 0.6 is 11.6 Å². The molecule has 0 bridgehead atoms. The summed E-state index contributed by atoms with van der Waals surface area (Å²) in [6.45, 7) is 3.73. The first kappa shape index (κ1) is 13.6. The molecule has 0 amide bonds. The number of hydrogen-bond donors (Lipinski definition) is 1. The van der Waals surface area contributed by atoms with Crippen LogP contribution in [0.1, 0.15) is 0 Å². The summed E-state index contributed by atoms with van der Waals surface area (Å²) in [5.41, 5.74) is 1.40. The van der Waals surface area contributed by atoms with Crippen LogP contribution < -0.4 is 9.62 Å². The smallest absolute Gasteiger partial charge is 0.0641 e. The molecule has 1 fully saturated rings. The summed E-state index contributed by atoms with van der Waals surface area (Å²) >= 11 is 3.85. The maximum absolute atomic E-state index is 10.6. The number of piperazine rings is 1. The first-order valence-corrected chi connectivity index (χ1v) is 7.10. The van der Waals surface area contributed by atoms with Crippen molar-refractivity contribution in [1.29, 1.82) is 0 Å². The van der Waals surface area contributed by atoms with Crippen molar-refractivity contribution in [2.45, 2.75) is 0 Å². The summed E-state index contributed by atoms with van der Waals surface area (Å²) in [4.78, 5) is 4.42. The van der Waals surface area contributed by atoms with E-state index >= 15 is 0 Å². The first-order valence-electron chi connectivity index (χ1n) is 5.65. The number of halogens is 1. The van der Waals surface area contributed by atoms with Crippen LogP contribution in [0.5, 0.6) is 0 Å². The first-order chi connectivity index (χ1) is 8.56. The van der Waals surface area contributed by atoms with Crippen LogP contribution in [0.4, 0.5) is 11.4 Å². The minimum absolute atomic E-state index is 0.529. The molecule has 0 spiro atoms. The monoisotopic (exact) mass is 288 g/mol. The van der Waals surface area contributed by atoms with Crippen molar-refractivity contribution in [2.24, 2.45) is 0 Å². The summed E-state index contributed by atoms with van der Waals surface area (Å²) in [6, 6.07) is 5.13. The quantitative estimate of drug-likeness (QED) is 0.852. The second-order valence-corrected chi connectivity index (χ2v) is 5.37. The van der Waals surface area contributed by atoms with Gasteiger partial charge in [-0.2, -0.15) is 0 Å². The minimum Gasteiger partial charge on any atom is -0.755 e. The molecule has 5 nitrogen and oxygen atoms in total. The zero-order valence-electron chi connectivity index (χ0n) is 10.1. The number of likely N-dealkylation sites (N-methyl/N-ethyl adjacent to an activating group) is 1. The van der Waals surface area contributed by atoms with E-state index in [-0.39, 0.29) is 0 Å². The number of nitrogens with one attached hydrogen (secondary N) is 1. The van der Waals surface area contributed by atoms with Gasteiger partial charge in [0.25, 0.3) is 0 Å². The molecule has 1 saturated heterocycles. The normalized spacial score (nSPS) is 18.7. The van der Waals surface area contributed by atoms with Crippen molar-refractivity contribution in [1.82, 2.24) is 4.90 Å². The van der Waals surface area contributed by atoms with Crippen molar-refractivity contribution < 1.29 is 8.76 Å². The molecule has 1 heterocycles. The van der Waals surface area contributed by atoms with Gasteiger partial charge in [0.2, 0.25) is 0 Å². The van der Waals surface area contributed by atoms with Crippen LogP contribution in [0.15, 0.2) is 18.2 Å². The number of hydrogen-bond acceptors (Lipinski definition) is 4. The lowest BCUT2D eigenvalue weighted by Gasteiger charge is -2.34. The Bertz CT molecular complexity index is 450. The van der Waals surface area contributed by atoms with Crippen LogP contribution in [0.3, 0.4) is 0 Å². The summed E-state index contributed by atoms with van der Waals surface area (Å²) in [7, 11) is 2.08. The SMILES string of the molecule is CN1CCN(c2cc(NS(=O)[O-])ccc2Cl)CC1. The molecule has 1 aliphatic heterocycles. The van der Waals surface area contributed by atoms with E-state index < -0.39 is 11.3 Å². The highest BCUT2D eigenvalue weighted by Gasteiger charge is 2.16. The van der Waals surface area contributed by atoms with E-state index in [1.165, 1.54) is 0 Å². The molecule has 2 rings (SSSR count). The molecule has 0 saturated carbocycles. The van der Waals surface area contributed by atoms with Crippen molar-refractivity contribution in [3.8, 4) is 0 Å². The minimum atomic E-state index is -2.31. The molecule has 1 aromatic rings. The third-order valence-electron chi connectivity index (χ3n) is 2.99. The van der Waals surface area contributed by atoms with Gasteiger partial charge in [-0.1, -0.05) is 11.6 Å². The van der Waals surface area contributed by atoms with E-state index in [0.29, 0.717) is 10.7 Å². The molecule has 1 aromatic carbocycles. The van der Waals surface area contributed by atoms with Gasteiger partial charge in [-0.25, -0.2) is 0 Å². The second-order valence-electron chi connectivity index (χ2n) is 4.29. The lowest BCUT2D eigenvalue weighted by molar-refractivity contribution is 0.313. The largest absolute Gasteiger partial charge is 0.755 e. The number of rotatable bonds is 3. The Morgan fingerprint density at radius 2 is 2.00 bits per heavy atom. The molecule has 1 aliphatic rings. The van der Waals surface area contributed by atoms with Crippen molar-refractivity contribution in [3.05, 3.63) is 23.2 Å². The van der Waals surface area contributed by atoms with Gasteiger partial charge in [-0.3, -0.25) is 4.21 Å². The second kappa shape index (κ2) is 5.88. The summed E-state index contributed by atoms with van der Waals surface area (Å²) < 4.78 is 23.6. The summed E-state index contributed by atoms with van der Waals surface area (Å²) in [5, 5.41) is 0.641. The van der Waals surface area contributed by atoms with Gasteiger partial charge >= 0.3 is 0 Å². The average molecular weight is 289 g/mol. The Kier molecular flexibility index (Phi) is 4.45. The maximum Gasteiger partial charge on any atom is 0.0641 e. The van der Waals surface area contributed by atoms with Crippen LogP contribution in [0.25, 0.3) is 0 Å². The molecule has 18 heavy (non-hydrogen) atoms. The lowest BCUT2D eigenvalue weighted by atomic mass is 10.2. The predicted molar refractivity (Wildman–Crippen MR) is 73.7 cm³/mol. The van der Waals surface area contributed by atoms with Crippen LogP contribution in [-0.4, -0.2) is 46.9 Å². The molecular weight excluding hydrogens is 274 g/mol. The fourth-order valence-electron chi connectivity index (χ4n) is 1.96. The molecule has 7 heteroatoms. The van der Waals surface area contributed by atoms with E-state index in [9.17, 15) is 8.76 Å². The third-order valence-corrected chi connectivity index (χ3v) is 3.71. The maximum atomic E-state index is 10.6. The van der Waals surface area contributed by atoms with Gasteiger partial charge < -0.3 is 19.1 Å². The topological polar surface area (TPSA) is 58.6 Å². The number of nitrogens with zero attached hydrogens (tertiary/aromatic N) is 2. The fourth-order valence-corrected chi connectivity index (χ4v) is 2.52. The van der Waals surface area contributed by atoms with Crippen LogP contribution in [-0.2, 0) is 11.3 Å². The van der Waals surface area contributed by atoms with Crippen molar-refractivity contribution in [2.75, 3.05) is 42.8 Å². The standard InChI is InChI=1S/C11H16ClN3O2S/c1-14-4-6-15(7-5-14)11-8-9(13-18(16)17)2-3-10(11)12/h2-3,8,13H,4-7H2,1H3,(H,16,17)/p-1. The lowest BCUT2D eigenvalue weighted by Crippen LogP contribution is -2.44. The highest BCUT2D eigenvalue weighted by molar-refractivity contribution is 7.80. The van der Waals surface area contributed by atoms with E-state index in [1.54, 1.807) is 18.2 Å². The molecule has 100 valence electrons. The summed E-state index contributed by atoms with van der Waals surface area (Å²) in [6.07, 6.45) is 0. The van der Waals surface area contributed by atoms with Gasteiger partial charge in [-0.15, -0.1) is 0 Å². The average Bonchev–Trinajstić information content (AvgIpc) is 2.32. The van der Waals surface area contributed by atoms with Crippen molar-refractivity contribution in [3.63, 3.8) is 0 Å². The Labute approximate surface area is 114 Å². The van der Waals surface area contributed by atoms with Crippen LogP contribution in [0, 0.1) is 0 Å². The zero-order chi connectivity index (χ0) is 13.1. The van der Waals surface area contributed by atoms with Gasteiger partial charge in [0.05, 0.1) is 10.7 Å². The van der Waals surface area contributed by atoms with E-state index in [4.69, 9.17) is 11.6 Å². The Balaban J connectivity index is 2.18. The molecule has 1 atom stereocenters. The van der Waals surface area contributed by atoms with Crippen LogP contribution in [0.2, 0.25) is 5.02 Å². The van der Waals surface area contributed by atoms with Gasteiger partial charge in [-0.05, 0) is 25.2 Å². The van der Waals surface area contributed by atoms with E-state index in [2.05, 4.69) is 21.6 Å².